The van der Waals surface area contributed by atoms with Crippen molar-refractivity contribution in [2.75, 3.05) is 19.8 Å². The van der Waals surface area contributed by atoms with Gasteiger partial charge in [-0.2, -0.15) is 0 Å². The molecular weight excluding hydrogens is 476 g/mol. The highest BCUT2D eigenvalue weighted by atomic mass is 16.8. The largest absolute Gasteiger partial charge is 0.472 e. The summed E-state index contributed by atoms with van der Waals surface area (Å²) < 4.78 is 27.0. The van der Waals surface area contributed by atoms with E-state index in [0.29, 0.717) is 12.0 Å². The van der Waals surface area contributed by atoms with Crippen LogP contribution in [0.3, 0.4) is 0 Å². The van der Waals surface area contributed by atoms with Gasteiger partial charge in [0.2, 0.25) is 12.1 Å². The van der Waals surface area contributed by atoms with Crippen molar-refractivity contribution in [3.05, 3.63) is 24.0 Å². The van der Waals surface area contributed by atoms with Gasteiger partial charge in [-0.25, -0.2) is 0 Å². The Morgan fingerprint density at radius 3 is 2.31 bits per heavy atom. The minimum Gasteiger partial charge on any atom is -0.472 e. The lowest BCUT2D eigenvalue weighted by atomic mass is 9.89. The van der Waals surface area contributed by atoms with Gasteiger partial charge in [0.15, 0.2) is 12.6 Å². The molecule has 0 aromatic carbocycles. The maximum absolute atomic E-state index is 10.9. The van der Waals surface area contributed by atoms with Crippen molar-refractivity contribution in [2.45, 2.75) is 73.8 Å². The molecule has 0 aromatic rings. The summed E-state index contributed by atoms with van der Waals surface area (Å²) in [7, 11) is 0. The first-order valence-corrected chi connectivity index (χ1v) is 11.2. The van der Waals surface area contributed by atoms with Gasteiger partial charge >= 0.3 is 0 Å². The lowest BCUT2D eigenvalue weighted by Gasteiger charge is -2.47. The highest BCUT2D eigenvalue weighted by Crippen LogP contribution is 2.41. The molecule has 200 valence electrons. The van der Waals surface area contributed by atoms with E-state index < -0.39 is 86.5 Å². The van der Waals surface area contributed by atoms with Crippen LogP contribution in [-0.4, -0.2) is 133 Å². The number of hydrogen-bond donors (Lipinski definition) is 9. The van der Waals surface area contributed by atoms with Crippen LogP contribution >= 0.6 is 0 Å². The second kappa shape index (κ2) is 10.6. The predicted octanol–water partition coefficient (Wildman–Crippen LogP) is -4.63. The fraction of sp³-hybridized carbons (Fsp3) is 0.810. The van der Waals surface area contributed by atoms with E-state index in [1.165, 1.54) is 6.26 Å². The van der Waals surface area contributed by atoms with Gasteiger partial charge in [0.05, 0.1) is 25.4 Å². The van der Waals surface area contributed by atoms with E-state index >= 15 is 0 Å². The van der Waals surface area contributed by atoms with E-state index in [0.717, 1.165) is 0 Å². The number of hydrogen-bond acceptors (Lipinski definition) is 14. The van der Waals surface area contributed by atoms with Gasteiger partial charge in [0, 0.05) is 0 Å². The minimum absolute atomic E-state index is 0.0412. The van der Waals surface area contributed by atoms with Crippen molar-refractivity contribution in [3.8, 4) is 0 Å². The second-order valence-electron chi connectivity index (χ2n) is 9.10. The summed E-state index contributed by atoms with van der Waals surface area (Å²) in [5.41, 5.74) is 0.649. The zero-order valence-corrected chi connectivity index (χ0v) is 18.6. The van der Waals surface area contributed by atoms with Crippen molar-refractivity contribution in [1.29, 1.82) is 0 Å². The predicted molar refractivity (Wildman–Crippen MR) is 109 cm³/mol. The van der Waals surface area contributed by atoms with Gasteiger partial charge in [-0.15, -0.1) is 0 Å². The Kier molecular flexibility index (Phi) is 8.14. The average Bonchev–Trinajstić information content (AvgIpc) is 3.28. The fourth-order valence-corrected chi connectivity index (χ4v) is 4.74. The first-order valence-electron chi connectivity index (χ1n) is 11.2. The third-order valence-corrected chi connectivity index (χ3v) is 6.86. The molecule has 0 radical (unpaired) electrons. The van der Waals surface area contributed by atoms with Crippen LogP contribution in [0.25, 0.3) is 0 Å². The molecule has 2 saturated heterocycles. The topological polar surface area (TPSA) is 228 Å². The van der Waals surface area contributed by atoms with Gasteiger partial charge in [0.25, 0.3) is 0 Å². The molecule has 2 fully saturated rings. The average molecular weight is 508 g/mol. The Hall–Kier alpha value is -1.24. The lowest BCUT2D eigenvalue weighted by Crippen LogP contribution is -2.68. The van der Waals surface area contributed by atoms with Crippen molar-refractivity contribution in [1.82, 2.24) is 0 Å². The molecule has 0 aromatic heterocycles. The summed E-state index contributed by atoms with van der Waals surface area (Å²) in [6.45, 7) is -1.90. The summed E-state index contributed by atoms with van der Waals surface area (Å²) in [6.07, 6.45) is -11.1. The van der Waals surface area contributed by atoms with Crippen LogP contribution in [0.4, 0.5) is 0 Å². The molecule has 9 N–H and O–H groups in total. The molecule has 0 bridgehead atoms. The quantitative estimate of drug-likeness (QED) is 0.147. The molecule has 0 amide bonds. The number of fused-ring (bicyclic) bond motifs is 1. The van der Waals surface area contributed by atoms with Gasteiger partial charge in [-0.1, -0.05) is 6.08 Å². The number of aliphatic hydroxyl groups excluding tert-OH is 8. The minimum atomic E-state index is -2.68. The Morgan fingerprint density at radius 1 is 0.914 bits per heavy atom. The smallest absolute Gasteiger partial charge is 0.221 e. The number of ether oxygens (including phenoxy) is 5. The van der Waals surface area contributed by atoms with Crippen LogP contribution in [0, 0.1) is 11.8 Å². The SMILES string of the molecule is OCC1=CCC2C=COC(OC3OC(O)(COC4OC(CO)C(O)C(O)C4O)C(O)C(O)C3O)C12. The maximum atomic E-state index is 10.9. The van der Waals surface area contributed by atoms with Gasteiger partial charge in [-0.3, -0.25) is 0 Å². The summed E-state index contributed by atoms with van der Waals surface area (Å²) in [6, 6.07) is 0. The summed E-state index contributed by atoms with van der Waals surface area (Å²) in [4.78, 5) is 0. The molecular formula is C21H32O14. The second-order valence-corrected chi connectivity index (χ2v) is 9.10. The third kappa shape index (κ3) is 5.00. The first kappa shape index (κ1) is 26.8. The molecule has 13 atom stereocenters. The molecule has 4 aliphatic rings. The van der Waals surface area contributed by atoms with Gasteiger partial charge in [0.1, 0.15) is 49.3 Å². The van der Waals surface area contributed by atoms with Crippen molar-refractivity contribution in [3.63, 3.8) is 0 Å². The number of aliphatic hydroxyl groups is 9. The highest BCUT2D eigenvalue weighted by molar-refractivity contribution is 5.21. The molecule has 35 heavy (non-hydrogen) atoms. The van der Waals surface area contributed by atoms with Crippen molar-refractivity contribution in [2.24, 2.45) is 11.8 Å². The Morgan fingerprint density at radius 2 is 1.63 bits per heavy atom. The number of allylic oxidation sites excluding steroid dienone is 2. The van der Waals surface area contributed by atoms with E-state index in [9.17, 15) is 46.0 Å². The lowest BCUT2D eigenvalue weighted by molar-refractivity contribution is -0.425. The van der Waals surface area contributed by atoms with Crippen LogP contribution in [0.2, 0.25) is 0 Å². The van der Waals surface area contributed by atoms with Crippen LogP contribution in [0.5, 0.6) is 0 Å². The summed E-state index contributed by atoms with van der Waals surface area (Å²) in [5.74, 6) is -3.14. The summed E-state index contributed by atoms with van der Waals surface area (Å²) in [5, 5.41) is 90.8. The zero-order chi connectivity index (χ0) is 25.5. The Bertz CT molecular complexity index is 790. The maximum Gasteiger partial charge on any atom is 0.221 e. The van der Waals surface area contributed by atoms with Crippen molar-refractivity contribution >= 4 is 0 Å². The van der Waals surface area contributed by atoms with Gasteiger partial charge < -0.3 is 69.6 Å². The fourth-order valence-electron chi connectivity index (χ4n) is 4.74. The van der Waals surface area contributed by atoms with Crippen molar-refractivity contribution < 1.29 is 69.6 Å². The van der Waals surface area contributed by atoms with E-state index in [1.807, 2.05) is 6.08 Å². The molecule has 3 heterocycles. The Labute approximate surface area is 199 Å². The normalized spacial score (nSPS) is 49.9. The Balaban J connectivity index is 1.45. The third-order valence-electron chi connectivity index (χ3n) is 6.86. The first-order chi connectivity index (χ1) is 16.6. The molecule has 13 unspecified atom stereocenters. The molecule has 4 rings (SSSR count). The monoisotopic (exact) mass is 508 g/mol. The molecule has 14 heteroatoms. The van der Waals surface area contributed by atoms with E-state index in [4.69, 9.17) is 23.7 Å². The van der Waals surface area contributed by atoms with Crippen LogP contribution in [-0.2, 0) is 23.7 Å². The van der Waals surface area contributed by atoms with E-state index in [-0.39, 0.29) is 12.5 Å². The molecule has 0 spiro atoms. The standard InChI is InChI=1S/C21H32O14/c22-5-9-2-1-8-3-4-31-18(11(8)9)34-20-16(28)14(26)17(29)21(30,35-20)7-32-19-15(27)13(25)12(24)10(6-23)33-19/h2-4,8,10-20,22-30H,1,5-7H2. The molecule has 1 aliphatic carbocycles. The van der Waals surface area contributed by atoms with Crippen LogP contribution in [0.15, 0.2) is 24.0 Å². The van der Waals surface area contributed by atoms with E-state index in [2.05, 4.69) is 0 Å². The summed E-state index contributed by atoms with van der Waals surface area (Å²) >= 11 is 0. The molecule has 3 aliphatic heterocycles. The molecule has 14 nitrogen and oxygen atoms in total. The zero-order valence-electron chi connectivity index (χ0n) is 18.6. The van der Waals surface area contributed by atoms with E-state index in [1.54, 1.807) is 6.08 Å². The van der Waals surface area contributed by atoms with Crippen LogP contribution < -0.4 is 0 Å². The number of rotatable bonds is 7. The molecule has 0 saturated carbocycles. The van der Waals surface area contributed by atoms with Crippen LogP contribution in [0.1, 0.15) is 6.42 Å². The highest BCUT2D eigenvalue weighted by Gasteiger charge is 2.56. The van der Waals surface area contributed by atoms with Gasteiger partial charge in [-0.05, 0) is 24.0 Å².